The molecule has 8 heteroatoms. The molecule has 0 bridgehead atoms. The van der Waals surface area contributed by atoms with Gasteiger partial charge in [-0.2, -0.15) is 0 Å². The van der Waals surface area contributed by atoms with Crippen molar-refractivity contribution in [3.8, 4) is 5.75 Å². The molecule has 0 saturated heterocycles. The van der Waals surface area contributed by atoms with E-state index in [1.54, 1.807) is 42.3 Å². The molecule has 0 radical (unpaired) electrons. The maximum absolute atomic E-state index is 12.5. The third kappa shape index (κ3) is 5.75. The summed E-state index contributed by atoms with van der Waals surface area (Å²) >= 11 is 6.19. The first-order valence-electron chi connectivity index (χ1n) is 9.13. The summed E-state index contributed by atoms with van der Waals surface area (Å²) in [7, 11) is -2.11. The van der Waals surface area contributed by atoms with Crippen LogP contribution in [0.5, 0.6) is 5.75 Å². The van der Waals surface area contributed by atoms with E-state index in [0.29, 0.717) is 12.2 Å². The van der Waals surface area contributed by atoms with Crippen LogP contribution in [0.25, 0.3) is 0 Å². The maximum Gasteiger partial charge on any atom is 0.261 e. The lowest BCUT2D eigenvalue weighted by Gasteiger charge is -2.18. The zero-order chi connectivity index (χ0) is 21.6. The number of rotatable bonds is 8. The third-order valence-corrected chi connectivity index (χ3v) is 5.95. The molecule has 0 aliphatic heterocycles. The number of ether oxygens (including phenoxy) is 1. The smallest absolute Gasteiger partial charge is 0.261 e. The molecule has 0 fully saturated rings. The van der Waals surface area contributed by atoms with Gasteiger partial charge in [0.15, 0.2) is 6.61 Å². The van der Waals surface area contributed by atoms with Gasteiger partial charge < -0.3 is 9.64 Å². The van der Waals surface area contributed by atoms with Crippen molar-refractivity contribution in [3.63, 3.8) is 0 Å². The van der Waals surface area contributed by atoms with Crippen LogP contribution in [0.4, 0.5) is 5.69 Å². The van der Waals surface area contributed by atoms with Crippen LogP contribution in [0.3, 0.4) is 0 Å². The molecule has 1 N–H and O–H groups in total. The maximum atomic E-state index is 12.5. The second-order valence-electron chi connectivity index (χ2n) is 6.59. The molecule has 3 aromatic rings. The molecular formula is C22H21ClN2O4S. The lowest BCUT2D eigenvalue weighted by molar-refractivity contribution is -0.132. The van der Waals surface area contributed by atoms with E-state index in [2.05, 4.69) is 4.72 Å². The summed E-state index contributed by atoms with van der Waals surface area (Å²) in [5.74, 6) is 0.00847. The summed E-state index contributed by atoms with van der Waals surface area (Å²) in [4.78, 5) is 13.9. The van der Waals surface area contributed by atoms with Gasteiger partial charge in [0.2, 0.25) is 0 Å². The van der Waals surface area contributed by atoms with Crippen molar-refractivity contribution in [2.75, 3.05) is 18.4 Å². The van der Waals surface area contributed by atoms with Crippen molar-refractivity contribution < 1.29 is 17.9 Å². The standard InChI is InChI=1S/C22H21ClN2O4S/c1-25(15-17-8-4-2-5-9-17)22(26)16-29-21-13-12-19(14-20(21)23)30(27,28)24-18-10-6-3-7-11-18/h2-14,24H,15-16H2,1H3. The number of benzene rings is 3. The molecule has 0 spiro atoms. The first-order valence-corrected chi connectivity index (χ1v) is 11.0. The lowest BCUT2D eigenvalue weighted by atomic mass is 10.2. The predicted molar refractivity (Wildman–Crippen MR) is 117 cm³/mol. The number of nitrogens with one attached hydrogen (secondary N) is 1. The van der Waals surface area contributed by atoms with E-state index >= 15 is 0 Å². The number of hydrogen-bond acceptors (Lipinski definition) is 4. The van der Waals surface area contributed by atoms with Gasteiger partial charge in [-0.3, -0.25) is 9.52 Å². The average molecular weight is 445 g/mol. The van der Waals surface area contributed by atoms with E-state index in [1.165, 1.54) is 18.2 Å². The summed E-state index contributed by atoms with van der Waals surface area (Å²) in [5.41, 5.74) is 1.45. The van der Waals surface area contributed by atoms with E-state index < -0.39 is 10.0 Å². The molecule has 0 aromatic heterocycles. The second-order valence-corrected chi connectivity index (χ2v) is 8.68. The molecule has 0 heterocycles. The van der Waals surface area contributed by atoms with E-state index in [-0.39, 0.29) is 28.2 Å². The SMILES string of the molecule is CN(Cc1ccccc1)C(=O)COc1ccc(S(=O)(=O)Nc2ccccc2)cc1Cl. The molecule has 0 aliphatic rings. The van der Waals surface area contributed by atoms with Gasteiger partial charge in [-0.1, -0.05) is 60.1 Å². The normalized spacial score (nSPS) is 11.0. The molecule has 1 amide bonds. The van der Waals surface area contributed by atoms with E-state index in [4.69, 9.17) is 16.3 Å². The number of anilines is 1. The highest BCUT2D eigenvalue weighted by Crippen LogP contribution is 2.28. The molecule has 3 aromatic carbocycles. The molecule has 3 rings (SSSR count). The van der Waals surface area contributed by atoms with Crippen LogP contribution in [0.2, 0.25) is 5.02 Å². The number of nitrogens with zero attached hydrogens (tertiary/aromatic N) is 1. The Morgan fingerprint density at radius 1 is 1.00 bits per heavy atom. The Bertz CT molecular complexity index is 1110. The average Bonchev–Trinajstić information content (AvgIpc) is 2.73. The summed E-state index contributed by atoms with van der Waals surface area (Å²) in [6, 6.07) is 22.3. The number of sulfonamides is 1. The van der Waals surface area contributed by atoms with Crippen LogP contribution in [0.1, 0.15) is 5.56 Å². The third-order valence-electron chi connectivity index (χ3n) is 4.28. The Labute approximate surface area is 181 Å². The van der Waals surface area contributed by atoms with Crippen molar-refractivity contribution in [2.45, 2.75) is 11.4 Å². The van der Waals surface area contributed by atoms with Crippen LogP contribution in [-0.4, -0.2) is 32.9 Å². The highest BCUT2D eigenvalue weighted by atomic mass is 35.5. The lowest BCUT2D eigenvalue weighted by Crippen LogP contribution is -2.31. The largest absolute Gasteiger partial charge is 0.482 e. The number of likely N-dealkylation sites (N-methyl/N-ethyl adjacent to an activating group) is 1. The molecule has 0 atom stereocenters. The molecule has 156 valence electrons. The fraction of sp³-hybridized carbons (Fsp3) is 0.136. The summed E-state index contributed by atoms with van der Waals surface area (Å²) in [5, 5.41) is 0.101. The first-order chi connectivity index (χ1) is 14.3. The van der Waals surface area contributed by atoms with Crippen molar-refractivity contribution >= 4 is 33.2 Å². The zero-order valence-electron chi connectivity index (χ0n) is 16.3. The van der Waals surface area contributed by atoms with Crippen LogP contribution in [0.15, 0.2) is 83.8 Å². The van der Waals surface area contributed by atoms with Gasteiger partial charge in [-0.15, -0.1) is 0 Å². The second kappa shape index (κ2) is 9.65. The van der Waals surface area contributed by atoms with Gasteiger partial charge in [0.05, 0.1) is 9.92 Å². The number of carbonyl (C=O) groups is 1. The molecule has 0 aliphatic carbocycles. The van der Waals surface area contributed by atoms with Crippen LogP contribution < -0.4 is 9.46 Å². The zero-order valence-corrected chi connectivity index (χ0v) is 17.9. The minimum absolute atomic E-state index is 0.00350. The summed E-state index contributed by atoms with van der Waals surface area (Å²) in [6.07, 6.45) is 0. The van der Waals surface area contributed by atoms with Crippen LogP contribution in [0, 0.1) is 0 Å². The highest BCUT2D eigenvalue weighted by Gasteiger charge is 2.17. The van der Waals surface area contributed by atoms with Gasteiger partial charge in [-0.05, 0) is 35.9 Å². The number of halogens is 1. The van der Waals surface area contributed by atoms with E-state index in [0.717, 1.165) is 5.56 Å². The Hall–Kier alpha value is -3.03. The Morgan fingerprint density at radius 3 is 2.27 bits per heavy atom. The van der Waals surface area contributed by atoms with Crippen molar-refractivity contribution in [3.05, 3.63) is 89.4 Å². The monoisotopic (exact) mass is 444 g/mol. The minimum atomic E-state index is -3.80. The van der Waals surface area contributed by atoms with Gasteiger partial charge in [0.25, 0.3) is 15.9 Å². The number of para-hydroxylation sites is 1. The van der Waals surface area contributed by atoms with Crippen LogP contribution in [-0.2, 0) is 21.4 Å². The van der Waals surface area contributed by atoms with Gasteiger partial charge in [0, 0.05) is 19.3 Å². The molecule has 0 saturated carbocycles. The summed E-state index contributed by atoms with van der Waals surface area (Å²) in [6.45, 7) is 0.247. The summed E-state index contributed by atoms with van der Waals surface area (Å²) < 4.78 is 33.0. The minimum Gasteiger partial charge on any atom is -0.482 e. The molecule has 0 unspecified atom stereocenters. The van der Waals surface area contributed by atoms with Gasteiger partial charge in [-0.25, -0.2) is 8.42 Å². The molecule has 30 heavy (non-hydrogen) atoms. The molecular weight excluding hydrogens is 424 g/mol. The Balaban J connectivity index is 1.62. The molecule has 6 nitrogen and oxygen atoms in total. The first kappa shape index (κ1) is 21.7. The number of hydrogen-bond donors (Lipinski definition) is 1. The highest BCUT2D eigenvalue weighted by molar-refractivity contribution is 7.92. The van der Waals surface area contributed by atoms with Crippen molar-refractivity contribution in [2.24, 2.45) is 0 Å². The van der Waals surface area contributed by atoms with Crippen molar-refractivity contribution in [1.29, 1.82) is 0 Å². The van der Waals surface area contributed by atoms with Crippen molar-refractivity contribution in [1.82, 2.24) is 4.90 Å². The fourth-order valence-electron chi connectivity index (χ4n) is 2.68. The van der Waals surface area contributed by atoms with Gasteiger partial charge >= 0.3 is 0 Å². The van der Waals surface area contributed by atoms with Gasteiger partial charge in [0.1, 0.15) is 5.75 Å². The number of carbonyl (C=O) groups excluding carboxylic acids is 1. The Kier molecular flexibility index (Phi) is 6.97. The number of amides is 1. The fourth-order valence-corrected chi connectivity index (χ4v) is 4.07. The van der Waals surface area contributed by atoms with E-state index in [9.17, 15) is 13.2 Å². The Morgan fingerprint density at radius 2 is 1.63 bits per heavy atom. The van der Waals surface area contributed by atoms with E-state index in [1.807, 2.05) is 30.3 Å². The predicted octanol–water partition coefficient (Wildman–Crippen LogP) is 4.18. The van der Waals surface area contributed by atoms with Crippen LogP contribution >= 0.6 is 11.6 Å². The topological polar surface area (TPSA) is 75.7 Å². The quantitative estimate of drug-likeness (QED) is 0.565.